The van der Waals surface area contributed by atoms with E-state index in [1.165, 1.54) is 55.2 Å². The van der Waals surface area contributed by atoms with Crippen molar-refractivity contribution in [3.8, 4) is 0 Å². The Morgan fingerprint density at radius 3 is 1.08 bits per heavy atom. The molecule has 6 unspecified atom stereocenters. The number of carboxylic acid groups (broad SMARTS) is 1. The summed E-state index contributed by atoms with van der Waals surface area (Å²) in [5.74, 6) is -0.801. The lowest BCUT2D eigenvalue weighted by Crippen LogP contribution is -2.57. The number of esters is 1. The number of likely N-dealkylation sites (tertiary alicyclic amines) is 3. The van der Waals surface area contributed by atoms with Gasteiger partial charge in [0.05, 0.1) is 25.1 Å². The van der Waals surface area contributed by atoms with Gasteiger partial charge in [-0.25, -0.2) is 24.0 Å². The molecule has 4 aromatic carbocycles. The third-order valence-electron chi connectivity index (χ3n) is 18.1. The number of aliphatic hydroxyl groups is 2. The monoisotopic (exact) mass is 1450 g/mol. The number of aliphatic hydroxyl groups excluding tert-OH is 2. The van der Waals surface area contributed by atoms with Crippen LogP contribution in [0, 0.1) is 17.8 Å². The van der Waals surface area contributed by atoms with Crippen molar-refractivity contribution in [3.05, 3.63) is 142 Å². The van der Waals surface area contributed by atoms with Gasteiger partial charge in [-0.05, 0) is 212 Å². The summed E-state index contributed by atoms with van der Waals surface area (Å²) < 4.78 is 21.5. The van der Waals surface area contributed by atoms with Crippen LogP contribution in [0.1, 0.15) is 235 Å². The number of piperidine rings is 3. The molecule has 6 N–H and O–H groups in total. The summed E-state index contributed by atoms with van der Waals surface area (Å²) >= 11 is 9.53. The zero-order valence-electron chi connectivity index (χ0n) is 63.5. The number of halogens is 2. The average Bonchev–Trinajstić information content (AvgIpc) is 0.827. The molecule has 3 aliphatic rings. The maximum atomic E-state index is 13.6. The number of carbonyl (C=O) groups is 6. The minimum atomic E-state index is -1.08. The molecule has 0 radical (unpaired) electrons. The van der Waals surface area contributed by atoms with E-state index in [9.17, 15) is 44.1 Å². The zero-order valence-corrected chi connectivity index (χ0v) is 65.0. The third-order valence-corrected chi connectivity index (χ3v) is 18.1. The fraction of sp³-hybridized carbons (Fsp3) is 0.630. The fourth-order valence-corrected chi connectivity index (χ4v) is 12.4. The second-order valence-electron chi connectivity index (χ2n) is 32.8. The molecule has 3 aliphatic heterocycles. The Balaban J connectivity index is 0.000000509. The Hall–Kier alpha value is -6.44. The molecular weight excluding hydrogens is 1320 g/mol. The van der Waals surface area contributed by atoms with E-state index < -0.39 is 83.8 Å². The maximum absolute atomic E-state index is 13.6. The van der Waals surface area contributed by atoms with Crippen LogP contribution < -0.4 is 5.32 Å². The molecule has 3 fully saturated rings. The van der Waals surface area contributed by atoms with E-state index in [0.717, 1.165) is 57.8 Å². The molecular formula is C81H126Cl2N4O14. The molecule has 3 heterocycles. The van der Waals surface area contributed by atoms with E-state index in [2.05, 4.69) is 140 Å². The van der Waals surface area contributed by atoms with Crippen molar-refractivity contribution in [3.63, 3.8) is 0 Å². The van der Waals surface area contributed by atoms with Crippen LogP contribution >= 0.6 is 23.2 Å². The van der Waals surface area contributed by atoms with Crippen molar-refractivity contribution in [1.82, 2.24) is 20.0 Å². The number of carbonyl (C=O) groups excluding carboxylic acids is 5. The van der Waals surface area contributed by atoms with Crippen LogP contribution in [0.5, 0.6) is 0 Å². The van der Waals surface area contributed by atoms with Crippen molar-refractivity contribution in [1.29, 1.82) is 0 Å². The van der Waals surface area contributed by atoms with Crippen LogP contribution in [-0.4, -0.2) is 151 Å². The van der Waals surface area contributed by atoms with Gasteiger partial charge in [0.25, 0.3) is 0 Å². The van der Waals surface area contributed by atoms with Crippen molar-refractivity contribution in [2.75, 3.05) is 38.7 Å². The van der Waals surface area contributed by atoms with Crippen molar-refractivity contribution < 1.29 is 68.5 Å². The number of benzene rings is 4. The van der Waals surface area contributed by atoms with Gasteiger partial charge in [0.15, 0.2) is 0 Å². The minimum Gasteiger partial charge on any atom is -0.480 e. The molecule has 4 aromatic rings. The predicted molar refractivity (Wildman–Crippen MR) is 406 cm³/mol. The topological polar surface area (TPSA) is 253 Å². The van der Waals surface area contributed by atoms with Crippen LogP contribution in [0.3, 0.4) is 0 Å². The average molecular weight is 1450 g/mol. The number of ether oxygens (including phenoxy) is 4. The van der Waals surface area contributed by atoms with E-state index in [1.54, 1.807) is 65.8 Å². The first-order chi connectivity index (χ1) is 46.0. The summed E-state index contributed by atoms with van der Waals surface area (Å²) in [6.45, 7) is 37.0. The molecule has 0 bridgehead atoms. The molecule has 0 aromatic heterocycles. The Labute approximate surface area is 615 Å². The number of aryl methyl sites for hydroxylation is 3. The predicted octanol–water partition coefficient (Wildman–Crippen LogP) is 16.5. The molecule has 20 heteroatoms. The van der Waals surface area contributed by atoms with Gasteiger partial charge in [-0.15, -0.1) is 23.2 Å². The number of aliphatic carboxylic acids is 1. The minimum absolute atomic E-state index is 0. The number of methoxy groups -OCH3 is 1. The van der Waals surface area contributed by atoms with Crippen LogP contribution in [0.15, 0.2) is 103 Å². The number of alkyl halides is 2. The summed E-state index contributed by atoms with van der Waals surface area (Å²) in [5.41, 5.74) is 6.86. The highest BCUT2D eigenvalue weighted by Gasteiger charge is 2.42. The summed E-state index contributed by atoms with van der Waals surface area (Å²) in [6, 6.07) is 32.1. The first-order valence-electron chi connectivity index (χ1n) is 35.3. The van der Waals surface area contributed by atoms with Crippen LogP contribution in [0.25, 0.3) is 0 Å². The summed E-state index contributed by atoms with van der Waals surface area (Å²) in [5, 5.41) is 33.4. The Morgan fingerprint density at radius 1 is 0.495 bits per heavy atom. The second kappa shape index (κ2) is 40.6. The molecule has 101 heavy (non-hydrogen) atoms. The number of hydrogen-bond acceptors (Lipinski definition) is 12. The summed E-state index contributed by atoms with van der Waals surface area (Å²) in [4.78, 5) is 80.0. The quantitative estimate of drug-likeness (QED) is 0.0463. The molecule has 8 atom stereocenters. The largest absolute Gasteiger partial charge is 0.480 e. The molecule has 0 spiro atoms. The summed E-state index contributed by atoms with van der Waals surface area (Å²) in [7, 11) is 1.37. The van der Waals surface area contributed by atoms with Gasteiger partial charge in [-0.3, -0.25) is 19.5 Å². The van der Waals surface area contributed by atoms with E-state index in [4.69, 9.17) is 42.1 Å². The molecule has 0 saturated carbocycles. The van der Waals surface area contributed by atoms with Crippen LogP contribution in [0.2, 0.25) is 0 Å². The highest BCUT2D eigenvalue weighted by atomic mass is 35.5. The number of hydrogen-bond donors (Lipinski definition) is 4. The van der Waals surface area contributed by atoms with Gasteiger partial charge in [0.1, 0.15) is 41.0 Å². The van der Waals surface area contributed by atoms with Crippen LogP contribution in [-0.2, 0) is 68.8 Å². The van der Waals surface area contributed by atoms with Gasteiger partial charge in [0.2, 0.25) is 5.91 Å². The highest BCUT2D eigenvalue weighted by molar-refractivity contribution is 6.40. The Kier molecular flexibility index (Phi) is 36.4. The molecule has 18 nitrogen and oxygen atoms in total. The molecule has 3 saturated heterocycles. The number of nitrogens with zero attached hydrogens (tertiary/aromatic N) is 3. The number of amides is 4. The highest BCUT2D eigenvalue weighted by Crippen LogP contribution is 2.34. The zero-order chi connectivity index (χ0) is 74.4. The van der Waals surface area contributed by atoms with Crippen molar-refractivity contribution >= 4 is 59.3 Å². The maximum Gasteiger partial charge on any atom is 0.411 e. The first-order valence-corrected chi connectivity index (χ1v) is 36.4. The molecule has 0 aliphatic carbocycles. The SMILES string of the molecule is C.CC(C)(C)OC(=O)N1CCC(CCc2ccc(C(C)(C)C)cc2)CC1C(=O)N[C@H](CO)[C@H](O)c1ccccc1.CC(C)(C)OC(=O)N1CCC(CCc2ccc(C(C)(C)C)cc2)CC1C(=O)O.COC(=O)C1CC(CCc2ccc(C(C)(C)C)cc2)CCN1C(=O)OC(C)(C)C.ClCCl.O. The molecule has 7 rings (SSSR count). The van der Waals surface area contributed by atoms with Gasteiger partial charge in [-0.1, -0.05) is 173 Å². The lowest BCUT2D eigenvalue weighted by Gasteiger charge is -2.40. The normalized spacial score (nSPS) is 19.4. The van der Waals surface area contributed by atoms with Gasteiger partial charge < -0.3 is 45.1 Å². The van der Waals surface area contributed by atoms with Crippen molar-refractivity contribution in [2.24, 2.45) is 17.8 Å². The molecule has 4 amide bonds. The van der Waals surface area contributed by atoms with Crippen LogP contribution in [0.4, 0.5) is 14.4 Å². The smallest absolute Gasteiger partial charge is 0.411 e. The van der Waals surface area contributed by atoms with E-state index in [0.29, 0.717) is 56.3 Å². The van der Waals surface area contributed by atoms with E-state index >= 15 is 0 Å². The van der Waals surface area contributed by atoms with E-state index in [-0.39, 0.29) is 46.4 Å². The fourth-order valence-electron chi connectivity index (χ4n) is 12.4. The number of carboxylic acids is 1. The number of nitrogens with one attached hydrogen (secondary N) is 1. The second-order valence-corrected chi connectivity index (χ2v) is 33.6. The van der Waals surface area contributed by atoms with Gasteiger partial charge in [0, 0.05) is 19.6 Å². The lowest BCUT2D eigenvalue weighted by atomic mass is 9.84. The Morgan fingerprint density at radius 2 is 0.792 bits per heavy atom. The summed E-state index contributed by atoms with van der Waals surface area (Å²) in [6.07, 6.45) is 7.07. The lowest BCUT2D eigenvalue weighted by molar-refractivity contribution is -0.149. The van der Waals surface area contributed by atoms with Gasteiger partial charge >= 0.3 is 30.2 Å². The molecule has 568 valence electrons. The third kappa shape index (κ3) is 31.2. The van der Waals surface area contributed by atoms with E-state index in [1.807, 2.05) is 26.8 Å². The van der Waals surface area contributed by atoms with Gasteiger partial charge in [-0.2, -0.15) is 0 Å². The number of rotatable bonds is 16. The standard InChI is InChI=1S/C32H46N2O5.C24H37NO4.C23H35NO4.CH2Cl2.CH4.H2O/c1-31(2,3)25-16-14-22(15-17-25)12-13-23-18-19-34(30(38)39-32(4,5)6)27(20-23)29(37)33-26(21-35)28(36)24-10-8-7-9-11-24;1-23(2,3)19-12-10-17(11-13-19)8-9-18-14-15-25(20(16-18)21(26)28-7)22(27)29-24(4,5)6;1-22(2,3)18-11-9-16(10-12-18)7-8-17-13-14-24(19(15-17)20(25)26)21(27)28-23(4,5)6;2-1-3;;/h7-11,14-17,23,26-28,35-36H,12-13,18-21H2,1-6H3,(H,33,37);10-13,18,20H,8-9,14-16H2,1-7H3;9-12,17,19H,7-8,13-15H2,1-6H3,(H,25,26);1H2;1H4;1H2/t23?,26-,27?,28-;;;;;/m1...../s1. The first kappa shape index (κ1) is 90.6. The Bertz CT molecular complexity index is 3140. The van der Waals surface area contributed by atoms with Crippen molar-refractivity contribution in [2.45, 2.75) is 272 Å².